The molecule has 0 bridgehead atoms. The first-order chi connectivity index (χ1) is 13.2. The van der Waals surface area contributed by atoms with Crippen molar-refractivity contribution in [3.05, 3.63) is 53.6 Å². The van der Waals surface area contributed by atoms with E-state index in [2.05, 4.69) is 12.2 Å². The van der Waals surface area contributed by atoms with Crippen LogP contribution in [0.5, 0.6) is 17.2 Å². The molecule has 0 saturated carbocycles. The highest BCUT2D eigenvalue weighted by Gasteiger charge is 2.16. The number of amides is 1. The fraction of sp³-hybridized carbons (Fsp3) is 0.381. The summed E-state index contributed by atoms with van der Waals surface area (Å²) in [6.45, 7) is 3.14. The average Bonchev–Trinajstić information content (AvgIpc) is 2.71. The van der Waals surface area contributed by atoms with Crippen LogP contribution in [0, 0.1) is 0 Å². The second kappa shape index (κ2) is 9.28. The number of benzene rings is 2. The second-order valence-corrected chi connectivity index (χ2v) is 6.41. The molecule has 1 atom stereocenters. The first-order valence-electron chi connectivity index (χ1n) is 9.21. The Kier molecular flexibility index (Phi) is 6.54. The molecule has 0 spiro atoms. The molecule has 0 aliphatic carbocycles. The van der Waals surface area contributed by atoms with Gasteiger partial charge in [0.25, 0.3) is 5.91 Å². The zero-order valence-electron chi connectivity index (χ0n) is 15.4. The van der Waals surface area contributed by atoms with E-state index in [9.17, 15) is 9.90 Å². The molecule has 1 aliphatic heterocycles. The van der Waals surface area contributed by atoms with Gasteiger partial charge in [-0.05, 0) is 41.8 Å². The normalized spacial score (nSPS) is 13.7. The van der Waals surface area contributed by atoms with E-state index in [4.69, 9.17) is 14.2 Å². The summed E-state index contributed by atoms with van der Waals surface area (Å²) in [6, 6.07) is 13.0. The van der Waals surface area contributed by atoms with Gasteiger partial charge in [0.15, 0.2) is 18.1 Å². The lowest BCUT2D eigenvalue weighted by molar-refractivity contribution is -0.123. The molecule has 0 radical (unpaired) electrons. The Labute approximate surface area is 159 Å². The van der Waals surface area contributed by atoms with E-state index in [0.717, 1.165) is 12.8 Å². The van der Waals surface area contributed by atoms with Crippen LogP contribution in [0.15, 0.2) is 42.5 Å². The van der Waals surface area contributed by atoms with Gasteiger partial charge in [-0.2, -0.15) is 0 Å². The summed E-state index contributed by atoms with van der Waals surface area (Å²) in [5.41, 5.74) is 1.91. The van der Waals surface area contributed by atoms with Crippen LogP contribution >= 0.6 is 0 Å². The number of nitrogens with one attached hydrogen (secondary N) is 1. The molecular formula is C21H25NO5. The number of fused-ring (bicyclic) bond motifs is 1. The monoisotopic (exact) mass is 371 g/mol. The predicted molar refractivity (Wildman–Crippen MR) is 101 cm³/mol. The molecule has 1 amide bonds. The molecule has 2 N–H and O–H groups in total. The standard InChI is InChI=1S/C21H25NO5/c1-2-3-15-4-7-17(8-5-15)27-14-21(24)22-13-18(23)16-6-9-19-20(12-16)26-11-10-25-19/h4-9,12,18,23H,2-3,10-11,13-14H2,1H3,(H,22,24). The molecule has 0 saturated heterocycles. The van der Waals surface area contributed by atoms with Gasteiger partial charge < -0.3 is 24.6 Å². The average molecular weight is 371 g/mol. The van der Waals surface area contributed by atoms with Crippen molar-refractivity contribution in [2.45, 2.75) is 25.9 Å². The van der Waals surface area contributed by atoms with Crippen molar-refractivity contribution >= 4 is 5.91 Å². The van der Waals surface area contributed by atoms with Crippen molar-refractivity contribution < 1.29 is 24.1 Å². The van der Waals surface area contributed by atoms with Gasteiger partial charge in [0.2, 0.25) is 0 Å². The summed E-state index contributed by atoms with van der Waals surface area (Å²) in [4.78, 5) is 12.0. The molecule has 3 rings (SSSR count). The smallest absolute Gasteiger partial charge is 0.258 e. The second-order valence-electron chi connectivity index (χ2n) is 6.41. The van der Waals surface area contributed by atoms with Crippen LogP contribution in [-0.4, -0.2) is 37.4 Å². The quantitative estimate of drug-likeness (QED) is 0.746. The van der Waals surface area contributed by atoms with Crippen LogP contribution in [0.25, 0.3) is 0 Å². The third-order valence-corrected chi connectivity index (χ3v) is 4.28. The summed E-state index contributed by atoms with van der Waals surface area (Å²) < 4.78 is 16.4. The van der Waals surface area contributed by atoms with Crippen LogP contribution in [0.2, 0.25) is 0 Å². The number of carbonyl (C=O) groups is 1. The maximum Gasteiger partial charge on any atom is 0.258 e. The number of aliphatic hydroxyl groups excluding tert-OH is 1. The lowest BCUT2D eigenvalue weighted by Gasteiger charge is -2.20. The Morgan fingerprint density at radius 3 is 2.63 bits per heavy atom. The summed E-state index contributed by atoms with van der Waals surface area (Å²) in [7, 11) is 0. The van der Waals surface area contributed by atoms with Crippen LogP contribution in [-0.2, 0) is 11.2 Å². The van der Waals surface area contributed by atoms with E-state index in [1.165, 1.54) is 5.56 Å². The summed E-state index contributed by atoms with van der Waals surface area (Å²) in [5.74, 6) is 1.64. The SMILES string of the molecule is CCCc1ccc(OCC(=O)NCC(O)c2ccc3c(c2)OCCO3)cc1. The Balaban J connectivity index is 1.44. The van der Waals surface area contributed by atoms with Crippen molar-refractivity contribution in [3.63, 3.8) is 0 Å². The fourth-order valence-corrected chi connectivity index (χ4v) is 2.84. The van der Waals surface area contributed by atoms with Gasteiger partial charge in [-0.1, -0.05) is 31.5 Å². The molecule has 6 heteroatoms. The number of aliphatic hydroxyl groups is 1. The fourth-order valence-electron chi connectivity index (χ4n) is 2.84. The van der Waals surface area contributed by atoms with E-state index < -0.39 is 6.10 Å². The summed E-state index contributed by atoms with van der Waals surface area (Å²) in [5, 5.41) is 13.0. The molecule has 6 nitrogen and oxygen atoms in total. The number of rotatable bonds is 8. The van der Waals surface area contributed by atoms with Gasteiger partial charge in [-0.25, -0.2) is 0 Å². The van der Waals surface area contributed by atoms with Gasteiger partial charge in [0.1, 0.15) is 19.0 Å². The lowest BCUT2D eigenvalue weighted by atomic mass is 10.1. The third-order valence-electron chi connectivity index (χ3n) is 4.28. The number of ether oxygens (including phenoxy) is 3. The maximum absolute atomic E-state index is 12.0. The Morgan fingerprint density at radius 1 is 1.15 bits per heavy atom. The zero-order valence-corrected chi connectivity index (χ0v) is 15.4. The van der Waals surface area contributed by atoms with Crippen molar-refractivity contribution in [3.8, 4) is 17.2 Å². The predicted octanol–water partition coefficient (Wildman–Crippen LogP) is 2.64. The molecule has 27 heavy (non-hydrogen) atoms. The van der Waals surface area contributed by atoms with Gasteiger partial charge in [0.05, 0.1) is 6.10 Å². The molecule has 2 aromatic rings. The molecule has 2 aromatic carbocycles. The van der Waals surface area contributed by atoms with E-state index in [-0.39, 0.29) is 19.1 Å². The first-order valence-corrected chi connectivity index (χ1v) is 9.21. The lowest BCUT2D eigenvalue weighted by Crippen LogP contribution is -2.32. The minimum Gasteiger partial charge on any atom is -0.486 e. The number of hydrogen-bond donors (Lipinski definition) is 2. The minimum absolute atomic E-state index is 0.0945. The number of carbonyl (C=O) groups excluding carboxylic acids is 1. The molecule has 0 aromatic heterocycles. The van der Waals surface area contributed by atoms with Crippen LogP contribution in [0.3, 0.4) is 0 Å². The van der Waals surface area contributed by atoms with Crippen molar-refractivity contribution in [1.82, 2.24) is 5.32 Å². The molecule has 1 aliphatic rings. The maximum atomic E-state index is 12.0. The number of aryl methyl sites for hydroxylation is 1. The Hall–Kier alpha value is -2.73. The van der Waals surface area contributed by atoms with E-state index in [0.29, 0.717) is 36.0 Å². The molecule has 0 fully saturated rings. The summed E-state index contributed by atoms with van der Waals surface area (Å²) >= 11 is 0. The van der Waals surface area contributed by atoms with Gasteiger partial charge in [0, 0.05) is 6.54 Å². The van der Waals surface area contributed by atoms with Crippen LogP contribution < -0.4 is 19.5 Å². The highest BCUT2D eigenvalue weighted by atomic mass is 16.6. The first kappa shape index (κ1) is 19.0. The van der Waals surface area contributed by atoms with E-state index in [1.807, 2.05) is 24.3 Å². The van der Waals surface area contributed by atoms with E-state index >= 15 is 0 Å². The molecule has 144 valence electrons. The highest BCUT2D eigenvalue weighted by molar-refractivity contribution is 5.77. The van der Waals surface area contributed by atoms with Gasteiger partial charge in [-0.15, -0.1) is 0 Å². The Morgan fingerprint density at radius 2 is 1.89 bits per heavy atom. The van der Waals surface area contributed by atoms with E-state index in [1.54, 1.807) is 18.2 Å². The summed E-state index contributed by atoms with van der Waals surface area (Å²) in [6.07, 6.45) is 1.28. The van der Waals surface area contributed by atoms with Crippen molar-refractivity contribution in [1.29, 1.82) is 0 Å². The van der Waals surface area contributed by atoms with Gasteiger partial charge in [-0.3, -0.25) is 4.79 Å². The largest absolute Gasteiger partial charge is 0.486 e. The highest BCUT2D eigenvalue weighted by Crippen LogP contribution is 2.32. The van der Waals surface area contributed by atoms with Crippen LogP contribution in [0.1, 0.15) is 30.6 Å². The molecular weight excluding hydrogens is 346 g/mol. The zero-order chi connectivity index (χ0) is 19.1. The van der Waals surface area contributed by atoms with Crippen molar-refractivity contribution in [2.24, 2.45) is 0 Å². The van der Waals surface area contributed by atoms with Gasteiger partial charge >= 0.3 is 0 Å². The third kappa shape index (κ3) is 5.37. The topological polar surface area (TPSA) is 77.0 Å². The molecule has 1 unspecified atom stereocenters. The molecule has 1 heterocycles. The van der Waals surface area contributed by atoms with Crippen LogP contribution in [0.4, 0.5) is 0 Å². The Bertz CT molecular complexity index is 760. The number of hydrogen-bond acceptors (Lipinski definition) is 5. The minimum atomic E-state index is -0.835. The van der Waals surface area contributed by atoms with Crippen molar-refractivity contribution in [2.75, 3.05) is 26.4 Å².